The van der Waals surface area contributed by atoms with E-state index in [2.05, 4.69) is 5.32 Å². The number of fused-ring (bicyclic) bond motifs is 2. The molecule has 6 rings (SSSR count). The summed E-state index contributed by atoms with van der Waals surface area (Å²) in [4.78, 5) is 55.9. The Morgan fingerprint density at radius 1 is 0.930 bits per heavy atom. The van der Waals surface area contributed by atoms with Crippen LogP contribution in [0.3, 0.4) is 0 Å². The minimum absolute atomic E-state index is 0.264. The predicted molar refractivity (Wildman–Crippen MR) is 167 cm³/mol. The maximum atomic E-state index is 14.1. The van der Waals surface area contributed by atoms with Crippen molar-refractivity contribution in [3.8, 4) is 11.5 Å². The summed E-state index contributed by atoms with van der Waals surface area (Å²) in [5.41, 5.74) is 2.72. The van der Waals surface area contributed by atoms with Gasteiger partial charge in [-0.2, -0.15) is 0 Å². The lowest BCUT2D eigenvalue weighted by Gasteiger charge is -2.31. The predicted octanol–water partition coefficient (Wildman–Crippen LogP) is 5.32. The lowest BCUT2D eigenvalue weighted by atomic mass is 9.83. The first kappa shape index (κ1) is 29.0. The molecule has 4 aromatic rings. The summed E-state index contributed by atoms with van der Waals surface area (Å²) in [6.07, 6.45) is 0. The lowest BCUT2D eigenvalue weighted by molar-refractivity contribution is -0.122. The zero-order valence-electron chi connectivity index (χ0n) is 23.3. The molecule has 1 fully saturated rings. The van der Waals surface area contributed by atoms with E-state index in [9.17, 15) is 19.2 Å². The number of aromatic nitrogens is 1. The molecule has 3 unspecified atom stereocenters. The number of hydrogen-bond donors (Lipinski definition) is 1. The van der Waals surface area contributed by atoms with E-state index >= 15 is 0 Å². The minimum Gasteiger partial charge on any atom is -0.493 e. The first-order valence-electron chi connectivity index (χ1n) is 13.3. The molecule has 1 aromatic heterocycles. The number of amides is 3. The molecule has 2 aliphatic rings. The van der Waals surface area contributed by atoms with Gasteiger partial charge in [-0.1, -0.05) is 58.5 Å². The van der Waals surface area contributed by atoms with Gasteiger partial charge in [0.1, 0.15) is 11.8 Å². The highest BCUT2D eigenvalue weighted by Gasteiger charge is 2.57. The van der Waals surface area contributed by atoms with Crippen LogP contribution in [0.5, 0.6) is 11.5 Å². The first-order chi connectivity index (χ1) is 20.7. The van der Waals surface area contributed by atoms with Gasteiger partial charge in [0, 0.05) is 21.5 Å². The molecule has 3 amide bonds. The van der Waals surface area contributed by atoms with E-state index in [1.54, 1.807) is 48.5 Å². The fraction of sp³-hybridized carbons (Fsp3) is 0.226. The number of nitrogens with zero attached hydrogens (tertiary/aromatic N) is 2. The lowest BCUT2D eigenvalue weighted by Crippen LogP contribution is -2.33. The second-order valence-corrected chi connectivity index (χ2v) is 12.7. The topological polar surface area (TPSA) is 107 Å². The Labute approximate surface area is 260 Å². The monoisotopic (exact) mass is 635 g/mol. The van der Waals surface area contributed by atoms with Crippen molar-refractivity contribution in [2.24, 2.45) is 5.92 Å². The molecule has 3 heterocycles. The van der Waals surface area contributed by atoms with Crippen LogP contribution in [-0.2, 0) is 20.9 Å². The molecule has 0 saturated carbocycles. The maximum absolute atomic E-state index is 14.1. The highest BCUT2D eigenvalue weighted by atomic mass is 35.5. The zero-order chi connectivity index (χ0) is 30.4. The van der Waals surface area contributed by atoms with Gasteiger partial charge in [-0.3, -0.25) is 23.7 Å². The fourth-order valence-corrected chi connectivity index (χ4v) is 8.39. The molecule has 0 spiro atoms. The summed E-state index contributed by atoms with van der Waals surface area (Å²) >= 11 is 8.10. The molecular formula is C31H26ClN3O6S2. The molecule has 43 heavy (non-hydrogen) atoms. The second kappa shape index (κ2) is 11.6. The van der Waals surface area contributed by atoms with Crippen LogP contribution in [0.25, 0.3) is 0 Å². The normalized spacial score (nSPS) is 19.2. The van der Waals surface area contributed by atoms with Crippen LogP contribution in [0, 0.1) is 12.8 Å². The Kier molecular flexibility index (Phi) is 7.80. The van der Waals surface area contributed by atoms with Crippen LogP contribution >= 0.6 is 34.7 Å². The summed E-state index contributed by atoms with van der Waals surface area (Å²) in [6.45, 7) is 1.67. The van der Waals surface area contributed by atoms with Crippen molar-refractivity contribution in [2.75, 3.05) is 24.4 Å². The number of imide groups is 1. The van der Waals surface area contributed by atoms with Gasteiger partial charge in [0.15, 0.2) is 11.5 Å². The molecule has 2 aliphatic heterocycles. The molecule has 0 aliphatic carbocycles. The Morgan fingerprint density at radius 2 is 1.63 bits per heavy atom. The summed E-state index contributed by atoms with van der Waals surface area (Å²) in [7, 11) is 3.05. The van der Waals surface area contributed by atoms with Gasteiger partial charge in [0.05, 0.1) is 30.9 Å². The number of thiazole rings is 1. The number of ether oxygens (including phenoxy) is 2. The van der Waals surface area contributed by atoms with E-state index in [0.717, 1.165) is 28.7 Å². The van der Waals surface area contributed by atoms with E-state index in [1.165, 1.54) is 23.7 Å². The molecule has 220 valence electrons. The molecular weight excluding hydrogens is 610 g/mol. The number of carbonyl (C=O) groups is 3. The van der Waals surface area contributed by atoms with Crippen molar-refractivity contribution in [2.45, 2.75) is 29.7 Å². The van der Waals surface area contributed by atoms with Crippen molar-refractivity contribution in [3.05, 3.63) is 97.4 Å². The van der Waals surface area contributed by atoms with E-state index in [-0.39, 0.29) is 23.2 Å². The highest BCUT2D eigenvalue weighted by molar-refractivity contribution is 8.00. The molecule has 1 saturated heterocycles. The summed E-state index contributed by atoms with van der Waals surface area (Å²) in [5, 5.41) is 3.01. The minimum atomic E-state index is -0.807. The van der Waals surface area contributed by atoms with Gasteiger partial charge >= 0.3 is 4.87 Å². The first-order valence-corrected chi connectivity index (χ1v) is 15.4. The zero-order valence-corrected chi connectivity index (χ0v) is 25.7. The number of rotatable bonds is 7. The van der Waals surface area contributed by atoms with Gasteiger partial charge in [-0.15, -0.1) is 0 Å². The molecule has 12 heteroatoms. The molecule has 9 nitrogen and oxygen atoms in total. The van der Waals surface area contributed by atoms with Crippen LogP contribution in [0.2, 0.25) is 5.02 Å². The van der Waals surface area contributed by atoms with Crippen molar-refractivity contribution < 1.29 is 23.9 Å². The van der Waals surface area contributed by atoms with Gasteiger partial charge in [0.2, 0.25) is 17.7 Å². The number of carbonyl (C=O) groups excluding carboxylic acids is 3. The summed E-state index contributed by atoms with van der Waals surface area (Å²) in [6, 6.07) is 19.2. The number of nitrogens with one attached hydrogen (secondary N) is 1. The Morgan fingerprint density at radius 3 is 2.30 bits per heavy atom. The summed E-state index contributed by atoms with van der Waals surface area (Å²) in [5.74, 6) is -1.57. The third-order valence-electron chi connectivity index (χ3n) is 7.54. The van der Waals surface area contributed by atoms with Crippen LogP contribution in [0.15, 0.2) is 76.6 Å². The van der Waals surface area contributed by atoms with E-state index in [1.807, 2.05) is 25.1 Å². The molecule has 3 atom stereocenters. The number of benzene rings is 3. The van der Waals surface area contributed by atoms with E-state index in [0.29, 0.717) is 43.4 Å². The van der Waals surface area contributed by atoms with Crippen molar-refractivity contribution in [1.29, 1.82) is 0 Å². The van der Waals surface area contributed by atoms with Crippen molar-refractivity contribution in [3.63, 3.8) is 0 Å². The number of hydrogen-bond acceptors (Lipinski definition) is 8. The molecule has 1 N–H and O–H groups in total. The number of anilines is 2. The average Bonchev–Trinajstić information content (AvgIpc) is 3.44. The molecule has 3 aromatic carbocycles. The SMILES string of the molecule is COc1ccc(C2c3sc(=O)n(CC(=O)Nc4ccc(Cl)cc4)c3SC3C(=O)N(c4ccc(C)cc4)C(=O)C32)cc1OC. The van der Waals surface area contributed by atoms with Gasteiger partial charge in [0.25, 0.3) is 0 Å². The maximum Gasteiger partial charge on any atom is 0.308 e. The van der Waals surface area contributed by atoms with Crippen LogP contribution < -0.4 is 24.6 Å². The van der Waals surface area contributed by atoms with Crippen molar-refractivity contribution in [1.82, 2.24) is 4.57 Å². The third-order valence-corrected chi connectivity index (χ3v) is 10.4. The number of halogens is 1. The number of aryl methyl sites for hydroxylation is 1. The number of methoxy groups -OCH3 is 2. The smallest absolute Gasteiger partial charge is 0.308 e. The van der Waals surface area contributed by atoms with Gasteiger partial charge in [-0.25, -0.2) is 4.90 Å². The Hall–Kier alpha value is -4.06. The van der Waals surface area contributed by atoms with Crippen molar-refractivity contribution >= 4 is 63.8 Å². The summed E-state index contributed by atoms with van der Waals surface area (Å²) < 4.78 is 12.3. The van der Waals surface area contributed by atoms with Gasteiger partial charge in [-0.05, 0) is 61.0 Å². The number of thioether (sulfide) groups is 1. The largest absolute Gasteiger partial charge is 0.493 e. The van der Waals surface area contributed by atoms with Crippen LogP contribution in [0.4, 0.5) is 11.4 Å². The highest BCUT2D eigenvalue weighted by Crippen LogP contribution is 2.54. The second-order valence-electron chi connectivity index (χ2n) is 10.2. The van der Waals surface area contributed by atoms with E-state index < -0.39 is 23.0 Å². The quantitative estimate of drug-likeness (QED) is 0.274. The third kappa shape index (κ3) is 5.21. The fourth-order valence-electron chi connectivity index (χ4n) is 5.49. The Balaban J connectivity index is 1.43. The van der Waals surface area contributed by atoms with Gasteiger partial charge < -0.3 is 14.8 Å². The van der Waals surface area contributed by atoms with E-state index in [4.69, 9.17) is 21.1 Å². The van der Waals surface area contributed by atoms with Crippen LogP contribution in [-0.4, -0.2) is 41.8 Å². The Bertz CT molecular complexity index is 1800. The van der Waals surface area contributed by atoms with Crippen LogP contribution in [0.1, 0.15) is 21.9 Å². The molecule has 0 radical (unpaired) electrons. The average molecular weight is 636 g/mol. The standard InChI is InChI=1S/C31H26ClN3O6S2/c1-16-4-11-20(12-5-16)35-28(37)25-24(17-6-13-21(40-2)22(14-17)41-3)27-30(42-26(25)29(35)38)34(31(39)43-27)15-23(36)33-19-9-7-18(32)8-10-19/h4-14,24-26H,15H2,1-3H3,(H,33,36). The molecule has 0 bridgehead atoms.